The SMILES string of the molecule is O=C1N=CC(c2cccc3ccsc23)c2ccccc21. The first kappa shape index (κ1) is 11.6. The fourth-order valence-corrected chi connectivity index (χ4v) is 3.72. The van der Waals surface area contributed by atoms with Gasteiger partial charge in [0.25, 0.3) is 5.91 Å². The van der Waals surface area contributed by atoms with Crippen molar-refractivity contribution in [1.29, 1.82) is 0 Å². The van der Waals surface area contributed by atoms with Crippen molar-refractivity contribution in [2.75, 3.05) is 0 Å². The fourth-order valence-electron chi connectivity index (χ4n) is 2.76. The second-order valence-corrected chi connectivity index (χ2v) is 5.75. The minimum Gasteiger partial charge on any atom is -0.267 e. The van der Waals surface area contributed by atoms with Gasteiger partial charge in [-0.2, -0.15) is 0 Å². The molecule has 0 aliphatic carbocycles. The van der Waals surface area contributed by atoms with E-state index in [9.17, 15) is 4.79 Å². The number of carbonyl (C=O) groups excluding carboxylic acids is 1. The van der Waals surface area contributed by atoms with Crippen LogP contribution in [0.15, 0.2) is 58.9 Å². The lowest BCUT2D eigenvalue weighted by molar-refractivity contribution is 0.100. The number of rotatable bonds is 1. The summed E-state index contributed by atoms with van der Waals surface area (Å²) in [5.74, 6) is -0.0820. The quantitative estimate of drug-likeness (QED) is 0.653. The van der Waals surface area contributed by atoms with Crippen LogP contribution in [0.3, 0.4) is 0 Å². The zero-order valence-electron chi connectivity index (χ0n) is 10.6. The first-order valence-corrected chi connectivity index (χ1v) is 7.36. The number of carbonyl (C=O) groups is 1. The van der Waals surface area contributed by atoms with Gasteiger partial charge in [-0.1, -0.05) is 36.4 Å². The molecule has 1 aromatic heterocycles. The summed E-state index contributed by atoms with van der Waals surface area (Å²) in [6.07, 6.45) is 1.78. The predicted molar refractivity (Wildman–Crippen MR) is 82.9 cm³/mol. The molecule has 0 fully saturated rings. The largest absolute Gasteiger partial charge is 0.276 e. The topological polar surface area (TPSA) is 29.4 Å². The molecule has 0 radical (unpaired) electrons. The third-order valence-corrected chi connectivity index (χ3v) is 4.69. The zero-order valence-corrected chi connectivity index (χ0v) is 11.4. The highest BCUT2D eigenvalue weighted by Gasteiger charge is 2.24. The highest BCUT2D eigenvalue weighted by Crippen LogP contribution is 2.35. The summed E-state index contributed by atoms with van der Waals surface area (Å²) in [4.78, 5) is 15.9. The van der Waals surface area contributed by atoms with Gasteiger partial charge in [0.2, 0.25) is 0 Å². The fraction of sp³-hybridized carbons (Fsp3) is 0.0588. The van der Waals surface area contributed by atoms with Crippen LogP contribution < -0.4 is 0 Å². The Bertz CT molecular complexity index is 847. The summed E-state index contributed by atoms with van der Waals surface area (Å²) >= 11 is 1.74. The normalized spacial score (nSPS) is 17.4. The summed E-state index contributed by atoms with van der Waals surface area (Å²) < 4.78 is 1.27. The van der Waals surface area contributed by atoms with Gasteiger partial charge in [0.05, 0.1) is 0 Å². The average Bonchev–Trinajstić information content (AvgIpc) is 2.97. The van der Waals surface area contributed by atoms with Gasteiger partial charge in [-0.3, -0.25) is 4.79 Å². The summed E-state index contributed by atoms with van der Waals surface area (Å²) in [5, 5.41) is 3.35. The molecule has 1 atom stereocenters. The average molecular weight is 277 g/mol. The molecule has 2 aromatic carbocycles. The molecule has 0 spiro atoms. The van der Waals surface area contributed by atoms with Crippen molar-refractivity contribution in [2.24, 2.45) is 4.99 Å². The molecule has 1 aliphatic rings. The van der Waals surface area contributed by atoms with Crippen LogP contribution in [-0.2, 0) is 0 Å². The van der Waals surface area contributed by atoms with Gasteiger partial charge >= 0.3 is 0 Å². The molecule has 1 amide bonds. The van der Waals surface area contributed by atoms with E-state index in [1.54, 1.807) is 17.6 Å². The van der Waals surface area contributed by atoms with E-state index in [0.717, 1.165) is 5.56 Å². The predicted octanol–water partition coefficient (Wildman–Crippen LogP) is 4.26. The van der Waals surface area contributed by atoms with E-state index in [-0.39, 0.29) is 11.8 Å². The summed E-state index contributed by atoms with van der Waals surface area (Å²) in [5.41, 5.74) is 2.99. The standard InChI is InChI=1S/C17H11NOS/c19-17-14-6-2-1-5-12(14)15(10-18-17)13-7-3-4-11-8-9-20-16(11)13/h1-10,15H. The first-order valence-electron chi connectivity index (χ1n) is 6.48. The molecule has 0 saturated carbocycles. The van der Waals surface area contributed by atoms with Crippen LogP contribution in [-0.4, -0.2) is 12.1 Å². The molecule has 0 saturated heterocycles. The van der Waals surface area contributed by atoms with Gasteiger partial charge < -0.3 is 0 Å². The van der Waals surface area contributed by atoms with Gasteiger partial charge in [-0.05, 0) is 34.0 Å². The summed E-state index contributed by atoms with van der Waals surface area (Å²) in [6.45, 7) is 0. The Labute approximate surface area is 120 Å². The van der Waals surface area contributed by atoms with E-state index in [0.29, 0.717) is 5.56 Å². The van der Waals surface area contributed by atoms with Crippen LogP contribution in [0.2, 0.25) is 0 Å². The van der Waals surface area contributed by atoms with E-state index < -0.39 is 0 Å². The molecule has 20 heavy (non-hydrogen) atoms. The lowest BCUT2D eigenvalue weighted by atomic mass is 9.86. The van der Waals surface area contributed by atoms with Crippen molar-refractivity contribution in [3.63, 3.8) is 0 Å². The number of thiophene rings is 1. The Morgan fingerprint density at radius 1 is 0.950 bits per heavy atom. The van der Waals surface area contributed by atoms with E-state index in [1.807, 2.05) is 24.3 Å². The summed E-state index contributed by atoms with van der Waals surface area (Å²) in [6, 6.07) is 16.2. The van der Waals surface area contributed by atoms with Crippen LogP contribution in [0, 0.1) is 0 Å². The van der Waals surface area contributed by atoms with Gasteiger partial charge in [0.1, 0.15) is 0 Å². The molecule has 4 rings (SSSR count). The van der Waals surface area contributed by atoms with Gasteiger partial charge in [-0.25, -0.2) is 4.99 Å². The number of benzene rings is 2. The van der Waals surface area contributed by atoms with Crippen LogP contribution in [0.5, 0.6) is 0 Å². The first-order chi connectivity index (χ1) is 9.84. The molecule has 2 nitrogen and oxygen atoms in total. The van der Waals surface area contributed by atoms with Gasteiger partial charge in [-0.15, -0.1) is 11.3 Å². The molecular weight excluding hydrogens is 266 g/mol. The van der Waals surface area contributed by atoms with Gasteiger partial charge in [0, 0.05) is 22.4 Å². The third kappa shape index (κ3) is 1.63. The second-order valence-electron chi connectivity index (χ2n) is 4.83. The van der Waals surface area contributed by atoms with E-state index in [2.05, 4.69) is 34.6 Å². The Kier molecular flexibility index (Phi) is 2.54. The number of aliphatic imine (C=N–C) groups is 1. The van der Waals surface area contributed by atoms with Crippen molar-refractivity contribution < 1.29 is 4.79 Å². The lowest BCUT2D eigenvalue weighted by Gasteiger charge is -2.20. The monoisotopic (exact) mass is 277 g/mol. The Hall–Kier alpha value is -2.26. The molecule has 0 N–H and O–H groups in total. The number of nitrogens with zero attached hydrogens (tertiary/aromatic N) is 1. The zero-order chi connectivity index (χ0) is 13.5. The molecule has 2 heterocycles. The number of hydrogen-bond acceptors (Lipinski definition) is 2. The van der Waals surface area contributed by atoms with Crippen LogP contribution in [0.4, 0.5) is 0 Å². The van der Waals surface area contributed by atoms with Crippen LogP contribution >= 0.6 is 11.3 Å². The van der Waals surface area contributed by atoms with Crippen molar-refractivity contribution in [3.05, 3.63) is 70.6 Å². The second kappa shape index (κ2) is 4.39. The van der Waals surface area contributed by atoms with E-state index >= 15 is 0 Å². The van der Waals surface area contributed by atoms with Crippen molar-refractivity contribution in [2.45, 2.75) is 5.92 Å². The molecule has 1 aliphatic heterocycles. The summed E-state index contributed by atoms with van der Waals surface area (Å²) in [7, 11) is 0. The molecule has 96 valence electrons. The van der Waals surface area contributed by atoms with E-state index in [4.69, 9.17) is 0 Å². The maximum Gasteiger partial charge on any atom is 0.276 e. The Morgan fingerprint density at radius 2 is 1.80 bits per heavy atom. The third-order valence-electron chi connectivity index (χ3n) is 3.71. The van der Waals surface area contributed by atoms with Crippen molar-refractivity contribution in [1.82, 2.24) is 0 Å². The molecule has 3 heteroatoms. The van der Waals surface area contributed by atoms with Crippen LogP contribution in [0.25, 0.3) is 10.1 Å². The van der Waals surface area contributed by atoms with Crippen molar-refractivity contribution in [3.8, 4) is 0 Å². The minimum atomic E-state index is -0.143. The van der Waals surface area contributed by atoms with E-state index in [1.165, 1.54) is 15.6 Å². The Morgan fingerprint density at radius 3 is 2.75 bits per heavy atom. The van der Waals surface area contributed by atoms with Crippen molar-refractivity contribution >= 4 is 33.5 Å². The molecule has 3 aromatic rings. The van der Waals surface area contributed by atoms with Gasteiger partial charge in [0.15, 0.2) is 0 Å². The maximum atomic E-state index is 11.9. The number of amides is 1. The maximum absolute atomic E-state index is 11.9. The highest BCUT2D eigenvalue weighted by atomic mass is 32.1. The molecule has 0 bridgehead atoms. The molecule has 1 unspecified atom stereocenters. The minimum absolute atomic E-state index is 0.0613. The highest BCUT2D eigenvalue weighted by molar-refractivity contribution is 7.17. The number of hydrogen-bond donors (Lipinski definition) is 0. The Balaban J connectivity index is 1.97. The molecular formula is C17H11NOS. The van der Waals surface area contributed by atoms with Crippen LogP contribution in [0.1, 0.15) is 27.4 Å². The smallest absolute Gasteiger partial charge is 0.267 e. The lowest BCUT2D eigenvalue weighted by Crippen LogP contribution is -2.15. The number of fused-ring (bicyclic) bond motifs is 2.